The molecule has 1 aliphatic heterocycles. The van der Waals surface area contributed by atoms with Gasteiger partial charge in [0, 0.05) is 25.8 Å². The third-order valence-electron chi connectivity index (χ3n) is 4.66. The van der Waals surface area contributed by atoms with Crippen LogP contribution in [0.5, 0.6) is 5.75 Å². The second-order valence-corrected chi connectivity index (χ2v) is 7.77. The van der Waals surface area contributed by atoms with Gasteiger partial charge in [0.1, 0.15) is 18.4 Å². The van der Waals surface area contributed by atoms with Gasteiger partial charge < -0.3 is 19.3 Å². The highest BCUT2D eigenvalue weighted by molar-refractivity contribution is 5.73. The van der Waals surface area contributed by atoms with Crippen molar-refractivity contribution in [3.05, 3.63) is 28.8 Å². The number of ether oxygens (including phenoxy) is 3. The Morgan fingerprint density at radius 2 is 2.08 bits per heavy atom. The van der Waals surface area contributed by atoms with Gasteiger partial charge in [-0.2, -0.15) is 0 Å². The molecule has 1 fully saturated rings. The zero-order chi connectivity index (χ0) is 19.3. The Bertz CT molecular complexity index is 623. The number of carbonyl (C=O) groups is 1. The van der Waals surface area contributed by atoms with Crippen LogP contribution in [0.3, 0.4) is 0 Å². The Labute approximate surface area is 156 Å². The van der Waals surface area contributed by atoms with Crippen LogP contribution in [-0.2, 0) is 26.2 Å². The van der Waals surface area contributed by atoms with Gasteiger partial charge in [0.05, 0.1) is 19.8 Å². The lowest BCUT2D eigenvalue weighted by molar-refractivity contribution is -0.150. The van der Waals surface area contributed by atoms with E-state index in [1.54, 1.807) is 7.11 Å². The number of carboxylic acid groups (broad SMARTS) is 1. The minimum atomic E-state index is -0.852. The van der Waals surface area contributed by atoms with Gasteiger partial charge in [0.25, 0.3) is 0 Å². The maximum atomic E-state index is 11.5. The molecule has 0 bridgehead atoms. The van der Waals surface area contributed by atoms with Crippen LogP contribution >= 0.6 is 0 Å². The number of hydrogen-bond acceptors (Lipinski definition) is 5. The molecule has 26 heavy (non-hydrogen) atoms. The number of aryl methyl sites for hydroxylation is 1. The summed E-state index contributed by atoms with van der Waals surface area (Å²) in [6, 6.07) is 3.59. The van der Waals surface area contributed by atoms with Crippen molar-refractivity contribution in [1.82, 2.24) is 4.90 Å². The molecule has 146 valence electrons. The fraction of sp³-hybridized carbons (Fsp3) is 0.650. The summed E-state index contributed by atoms with van der Waals surface area (Å²) in [5.41, 5.74) is 3.42. The normalized spacial score (nSPS) is 18.7. The summed E-state index contributed by atoms with van der Waals surface area (Å²) in [6.45, 7) is 11.5. The molecule has 0 amide bonds. The molecule has 0 aromatic heterocycles. The van der Waals surface area contributed by atoms with Gasteiger partial charge >= 0.3 is 5.97 Å². The van der Waals surface area contributed by atoms with Gasteiger partial charge in [-0.05, 0) is 29.5 Å². The number of aliphatic carboxylic acids is 1. The predicted molar refractivity (Wildman–Crippen MR) is 99.9 cm³/mol. The molecular formula is C20H31NO5. The van der Waals surface area contributed by atoms with Crippen molar-refractivity contribution >= 4 is 5.97 Å². The number of methoxy groups -OCH3 is 1. The predicted octanol–water partition coefficient (Wildman–Crippen LogP) is 2.60. The van der Waals surface area contributed by atoms with Crippen molar-refractivity contribution in [1.29, 1.82) is 0 Å². The Balaban J connectivity index is 2.32. The molecule has 6 heteroatoms. The first kappa shape index (κ1) is 20.7. The van der Waals surface area contributed by atoms with Crippen molar-refractivity contribution in [3.63, 3.8) is 0 Å². The monoisotopic (exact) mass is 365 g/mol. The van der Waals surface area contributed by atoms with Crippen LogP contribution in [0.2, 0.25) is 0 Å². The molecular weight excluding hydrogens is 334 g/mol. The maximum absolute atomic E-state index is 11.5. The van der Waals surface area contributed by atoms with Crippen LogP contribution in [-0.4, -0.2) is 62.1 Å². The molecule has 0 unspecified atom stereocenters. The molecule has 1 saturated heterocycles. The number of morpholine rings is 1. The second-order valence-electron chi connectivity index (χ2n) is 7.77. The Kier molecular flexibility index (Phi) is 7.03. The number of carboxylic acids is 1. The van der Waals surface area contributed by atoms with Crippen LogP contribution < -0.4 is 4.74 Å². The summed E-state index contributed by atoms with van der Waals surface area (Å²) in [7, 11) is 1.64. The van der Waals surface area contributed by atoms with E-state index in [0.29, 0.717) is 32.9 Å². The molecule has 0 aliphatic carbocycles. The first-order valence-electron chi connectivity index (χ1n) is 9.04. The number of nitrogens with zero attached hydrogens (tertiary/aromatic N) is 1. The SMILES string of the molecule is COCCOc1cc(C(C)(C)C)c(C)cc1CN1CCOC[C@H]1C(=O)O. The number of hydrogen-bond donors (Lipinski definition) is 1. The zero-order valence-electron chi connectivity index (χ0n) is 16.5. The Morgan fingerprint density at radius 1 is 1.35 bits per heavy atom. The average Bonchev–Trinajstić information content (AvgIpc) is 2.56. The largest absolute Gasteiger partial charge is 0.491 e. The Morgan fingerprint density at radius 3 is 2.69 bits per heavy atom. The quantitative estimate of drug-likeness (QED) is 0.749. The van der Waals surface area contributed by atoms with Gasteiger partial charge in [-0.25, -0.2) is 0 Å². The fourth-order valence-electron chi connectivity index (χ4n) is 3.32. The molecule has 1 heterocycles. The zero-order valence-corrected chi connectivity index (χ0v) is 16.5. The minimum Gasteiger partial charge on any atom is -0.491 e. The lowest BCUT2D eigenvalue weighted by Crippen LogP contribution is -2.49. The molecule has 1 atom stereocenters. The van der Waals surface area contributed by atoms with Crippen LogP contribution in [0.1, 0.15) is 37.5 Å². The summed E-state index contributed by atoms with van der Waals surface area (Å²) in [5, 5.41) is 9.47. The number of benzene rings is 1. The van der Waals surface area contributed by atoms with Crippen molar-refractivity contribution in [2.75, 3.05) is 40.1 Å². The molecule has 1 aromatic carbocycles. The fourth-order valence-corrected chi connectivity index (χ4v) is 3.32. The smallest absolute Gasteiger partial charge is 0.323 e. The molecule has 1 aliphatic rings. The van der Waals surface area contributed by atoms with Gasteiger partial charge in [0.2, 0.25) is 0 Å². The van der Waals surface area contributed by atoms with E-state index < -0.39 is 12.0 Å². The highest BCUT2D eigenvalue weighted by Gasteiger charge is 2.30. The minimum absolute atomic E-state index is 0.00451. The summed E-state index contributed by atoms with van der Waals surface area (Å²) < 4.78 is 16.4. The van der Waals surface area contributed by atoms with E-state index in [9.17, 15) is 9.90 Å². The van der Waals surface area contributed by atoms with Crippen molar-refractivity contribution in [3.8, 4) is 5.75 Å². The van der Waals surface area contributed by atoms with E-state index >= 15 is 0 Å². The lowest BCUT2D eigenvalue weighted by Gasteiger charge is -2.33. The molecule has 0 saturated carbocycles. The van der Waals surface area contributed by atoms with Gasteiger partial charge in [-0.3, -0.25) is 9.69 Å². The molecule has 1 aromatic rings. The third-order valence-corrected chi connectivity index (χ3v) is 4.66. The topological polar surface area (TPSA) is 68.2 Å². The van der Waals surface area contributed by atoms with Gasteiger partial charge in [-0.1, -0.05) is 26.8 Å². The highest BCUT2D eigenvalue weighted by atomic mass is 16.5. The summed E-state index contributed by atoms with van der Waals surface area (Å²) in [4.78, 5) is 13.5. The van der Waals surface area contributed by atoms with Gasteiger partial charge in [0.15, 0.2) is 0 Å². The Hall–Kier alpha value is -1.63. The number of rotatable bonds is 7. The van der Waals surface area contributed by atoms with Crippen molar-refractivity contribution < 1.29 is 24.1 Å². The molecule has 2 rings (SSSR count). The third kappa shape index (κ3) is 5.19. The van der Waals surface area contributed by atoms with Crippen molar-refractivity contribution in [2.24, 2.45) is 0 Å². The average molecular weight is 365 g/mol. The van der Waals surface area contributed by atoms with E-state index in [1.165, 1.54) is 11.1 Å². The molecule has 0 spiro atoms. The second kappa shape index (κ2) is 8.84. The van der Waals surface area contributed by atoms with E-state index in [-0.39, 0.29) is 12.0 Å². The van der Waals surface area contributed by atoms with E-state index in [2.05, 4.69) is 39.8 Å². The summed E-state index contributed by atoms with van der Waals surface area (Å²) in [5.74, 6) is -0.0530. The van der Waals surface area contributed by atoms with E-state index in [0.717, 1.165) is 11.3 Å². The van der Waals surface area contributed by atoms with Crippen LogP contribution in [0.15, 0.2) is 12.1 Å². The molecule has 0 radical (unpaired) electrons. The van der Waals surface area contributed by atoms with Crippen LogP contribution in [0, 0.1) is 6.92 Å². The standard InChI is InChI=1S/C20H31NO5/c1-14-10-15(12-21-6-7-25-13-17(21)19(22)23)18(26-9-8-24-5)11-16(14)20(2,3)4/h10-11,17H,6-9,12-13H2,1-5H3,(H,22,23)/t17-/m0/s1. The lowest BCUT2D eigenvalue weighted by atomic mass is 9.83. The maximum Gasteiger partial charge on any atom is 0.323 e. The van der Waals surface area contributed by atoms with Crippen LogP contribution in [0.4, 0.5) is 0 Å². The first-order chi connectivity index (χ1) is 12.2. The first-order valence-corrected chi connectivity index (χ1v) is 9.04. The van der Waals surface area contributed by atoms with E-state index in [4.69, 9.17) is 14.2 Å². The summed E-state index contributed by atoms with van der Waals surface area (Å²) in [6.07, 6.45) is 0. The van der Waals surface area contributed by atoms with Crippen LogP contribution in [0.25, 0.3) is 0 Å². The highest BCUT2D eigenvalue weighted by Crippen LogP contribution is 2.33. The van der Waals surface area contributed by atoms with E-state index in [1.807, 2.05) is 4.90 Å². The molecule has 1 N–H and O–H groups in total. The molecule has 6 nitrogen and oxygen atoms in total. The van der Waals surface area contributed by atoms with Gasteiger partial charge in [-0.15, -0.1) is 0 Å². The summed E-state index contributed by atoms with van der Waals surface area (Å²) >= 11 is 0. The van der Waals surface area contributed by atoms with Crippen molar-refractivity contribution in [2.45, 2.75) is 45.7 Å².